The molecule has 5 nitrogen and oxygen atoms in total. The van der Waals surface area contributed by atoms with Gasteiger partial charge in [0.25, 0.3) is 0 Å². The highest BCUT2D eigenvalue weighted by atomic mass is 35.5. The molecule has 0 aliphatic heterocycles. The summed E-state index contributed by atoms with van der Waals surface area (Å²) in [5.41, 5.74) is 0.852. The minimum absolute atomic E-state index is 0.0572. The molecule has 1 rings (SSSR count). The molecular weight excluding hydrogens is 278 g/mol. The van der Waals surface area contributed by atoms with E-state index in [2.05, 4.69) is 16.0 Å². The molecule has 20 heavy (non-hydrogen) atoms. The van der Waals surface area contributed by atoms with Gasteiger partial charge >= 0.3 is 6.03 Å². The zero-order valence-electron chi connectivity index (χ0n) is 11.5. The van der Waals surface area contributed by atoms with Gasteiger partial charge in [-0.3, -0.25) is 4.79 Å². The van der Waals surface area contributed by atoms with Crippen molar-refractivity contribution in [2.45, 2.75) is 26.3 Å². The lowest BCUT2D eigenvalue weighted by molar-refractivity contribution is -0.120. The molecule has 0 saturated heterocycles. The molecule has 3 N–H and O–H groups in total. The molecule has 0 aliphatic carbocycles. The Kier molecular flexibility index (Phi) is 7.50. The summed E-state index contributed by atoms with van der Waals surface area (Å²) < 4.78 is 0. The molecule has 3 amide bonds. The van der Waals surface area contributed by atoms with Crippen molar-refractivity contribution in [2.24, 2.45) is 0 Å². The Morgan fingerprint density at radius 1 is 1.10 bits per heavy atom. The molecular formula is C14H20ClN3O2. The van der Waals surface area contributed by atoms with E-state index in [1.807, 2.05) is 25.1 Å². The number of nitrogens with one attached hydrogen (secondary N) is 3. The fraction of sp³-hybridized carbons (Fsp3) is 0.429. The van der Waals surface area contributed by atoms with E-state index in [1.165, 1.54) is 0 Å². The molecule has 0 aromatic heterocycles. The summed E-state index contributed by atoms with van der Waals surface area (Å²) in [5, 5.41) is 8.68. The summed E-state index contributed by atoms with van der Waals surface area (Å²) >= 11 is 5.98. The molecule has 0 saturated carbocycles. The highest BCUT2D eigenvalue weighted by Gasteiger charge is 2.04. The van der Waals surface area contributed by atoms with Gasteiger partial charge in [0.1, 0.15) is 0 Å². The third-order valence-electron chi connectivity index (χ3n) is 2.61. The molecule has 6 heteroatoms. The average Bonchev–Trinajstić information content (AvgIpc) is 2.44. The SMILES string of the molecule is CCCNC(=O)CCNC(=O)NCc1ccccc1Cl. The fourth-order valence-electron chi connectivity index (χ4n) is 1.52. The van der Waals surface area contributed by atoms with Gasteiger partial charge in [-0.1, -0.05) is 36.7 Å². The molecule has 110 valence electrons. The molecule has 0 radical (unpaired) electrons. The smallest absolute Gasteiger partial charge is 0.315 e. The number of benzene rings is 1. The fourth-order valence-corrected chi connectivity index (χ4v) is 1.72. The Morgan fingerprint density at radius 2 is 1.85 bits per heavy atom. The Morgan fingerprint density at radius 3 is 2.55 bits per heavy atom. The monoisotopic (exact) mass is 297 g/mol. The number of hydrogen-bond donors (Lipinski definition) is 3. The maximum absolute atomic E-state index is 11.5. The first-order valence-electron chi connectivity index (χ1n) is 6.65. The second kappa shape index (κ2) is 9.20. The largest absolute Gasteiger partial charge is 0.356 e. The van der Waals surface area contributed by atoms with Crippen LogP contribution in [0.4, 0.5) is 4.79 Å². The predicted molar refractivity (Wildman–Crippen MR) is 79.6 cm³/mol. The summed E-state index contributed by atoms with van der Waals surface area (Å²) in [5.74, 6) is -0.0572. The highest BCUT2D eigenvalue weighted by Crippen LogP contribution is 2.13. The summed E-state index contributed by atoms with van der Waals surface area (Å²) in [4.78, 5) is 22.8. The number of amides is 3. The normalized spacial score (nSPS) is 9.90. The van der Waals surface area contributed by atoms with Gasteiger partial charge in [-0.05, 0) is 18.1 Å². The molecule has 0 spiro atoms. The van der Waals surface area contributed by atoms with Gasteiger partial charge in [0, 0.05) is 31.1 Å². The van der Waals surface area contributed by atoms with Gasteiger partial charge in [-0.15, -0.1) is 0 Å². The molecule has 0 fully saturated rings. The lowest BCUT2D eigenvalue weighted by Crippen LogP contribution is -2.37. The van der Waals surface area contributed by atoms with E-state index >= 15 is 0 Å². The van der Waals surface area contributed by atoms with Crippen molar-refractivity contribution >= 4 is 23.5 Å². The van der Waals surface area contributed by atoms with Crippen LogP contribution >= 0.6 is 11.6 Å². The van der Waals surface area contributed by atoms with Crippen LogP contribution in [-0.2, 0) is 11.3 Å². The maximum atomic E-state index is 11.5. The maximum Gasteiger partial charge on any atom is 0.315 e. The molecule has 0 atom stereocenters. The summed E-state index contributed by atoms with van der Waals surface area (Å²) in [7, 11) is 0. The van der Waals surface area contributed by atoms with Gasteiger partial charge in [-0.25, -0.2) is 4.79 Å². The quantitative estimate of drug-likeness (QED) is 0.721. The Labute approximate surface area is 124 Å². The molecule has 1 aromatic carbocycles. The summed E-state index contributed by atoms with van der Waals surface area (Å²) in [6.45, 7) is 3.32. The third-order valence-corrected chi connectivity index (χ3v) is 2.98. The van der Waals surface area contributed by atoms with E-state index in [9.17, 15) is 9.59 Å². The van der Waals surface area contributed by atoms with Crippen LogP contribution in [0.2, 0.25) is 5.02 Å². The number of halogens is 1. The standard InChI is InChI=1S/C14H20ClN3O2/c1-2-8-16-13(19)7-9-17-14(20)18-10-11-5-3-4-6-12(11)15/h3-6H,2,7-10H2,1H3,(H,16,19)(H2,17,18,20). The second-order valence-corrected chi connectivity index (χ2v) is 4.71. The van der Waals surface area contributed by atoms with Crippen LogP contribution in [0.3, 0.4) is 0 Å². The third kappa shape index (κ3) is 6.43. The molecule has 0 aliphatic rings. The van der Waals surface area contributed by atoms with Crippen LogP contribution in [0, 0.1) is 0 Å². The second-order valence-electron chi connectivity index (χ2n) is 4.30. The first kappa shape index (κ1) is 16.3. The van der Waals surface area contributed by atoms with Crippen LogP contribution in [0.5, 0.6) is 0 Å². The number of hydrogen-bond acceptors (Lipinski definition) is 2. The van der Waals surface area contributed by atoms with E-state index in [4.69, 9.17) is 11.6 Å². The van der Waals surface area contributed by atoms with Crippen molar-refractivity contribution in [2.75, 3.05) is 13.1 Å². The average molecular weight is 298 g/mol. The number of carbonyl (C=O) groups is 2. The number of carbonyl (C=O) groups excluding carboxylic acids is 2. The van der Waals surface area contributed by atoms with Gasteiger partial charge < -0.3 is 16.0 Å². The molecule has 0 unspecified atom stereocenters. The number of rotatable bonds is 7. The summed E-state index contributed by atoms with van der Waals surface area (Å²) in [6, 6.07) is 7.00. The first-order valence-corrected chi connectivity index (χ1v) is 7.03. The first-order chi connectivity index (χ1) is 9.63. The van der Waals surface area contributed by atoms with Crippen LogP contribution in [0.1, 0.15) is 25.3 Å². The lowest BCUT2D eigenvalue weighted by atomic mass is 10.2. The Hall–Kier alpha value is -1.75. The van der Waals surface area contributed by atoms with Gasteiger partial charge in [0.05, 0.1) is 0 Å². The molecule has 0 heterocycles. The van der Waals surface area contributed by atoms with Crippen LogP contribution < -0.4 is 16.0 Å². The van der Waals surface area contributed by atoms with Crippen molar-refractivity contribution in [3.05, 3.63) is 34.9 Å². The molecule has 1 aromatic rings. The van der Waals surface area contributed by atoms with E-state index in [0.717, 1.165) is 12.0 Å². The zero-order chi connectivity index (χ0) is 14.8. The van der Waals surface area contributed by atoms with Gasteiger partial charge in [0.15, 0.2) is 0 Å². The van der Waals surface area contributed by atoms with E-state index in [1.54, 1.807) is 6.07 Å². The van der Waals surface area contributed by atoms with Crippen molar-refractivity contribution in [1.82, 2.24) is 16.0 Å². The Balaban J connectivity index is 2.18. The minimum Gasteiger partial charge on any atom is -0.356 e. The van der Waals surface area contributed by atoms with E-state index < -0.39 is 0 Å². The highest BCUT2D eigenvalue weighted by molar-refractivity contribution is 6.31. The lowest BCUT2D eigenvalue weighted by Gasteiger charge is -2.08. The Bertz CT molecular complexity index is 452. The molecule has 0 bridgehead atoms. The zero-order valence-corrected chi connectivity index (χ0v) is 12.3. The van der Waals surface area contributed by atoms with Crippen molar-refractivity contribution in [3.8, 4) is 0 Å². The van der Waals surface area contributed by atoms with E-state index in [0.29, 0.717) is 24.7 Å². The van der Waals surface area contributed by atoms with Crippen molar-refractivity contribution in [3.63, 3.8) is 0 Å². The number of urea groups is 1. The van der Waals surface area contributed by atoms with Crippen molar-refractivity contribution in [1.29, 1.82) is 0 Å². The summed E-state index contributed by atoms with van der Waals surface area (Å²) in [6.07, 6.45) is 1.18. The van der Waals surface area contributed by atoms with Gasteiger partial charge in [0.2, 0.25) is 5.91 Å². The van der Waals surface area contributed by atoms with Crippen LogP contribution in [-0.4, -0.2) is 25.0 Å². The van der Waals surface area contributed by atoms with E-state index in [-0.39, 0.29) is 18.4 Å². The van der Waals surface area contributed by atoms with Crippen molar-refractivity contribution < 1.29 is 9.59 Å². The van der Waals surface area contributed by atoms with Crippen LogP contribution in [0.25, 0.3) is 0 Å². The van der Waals surface area contributed by atoms with Crippen LogP contribution in [0.15, 0.2) is 24.3 Å². The predicted octanol–water partition coefficient (Wildman–Crippen LogP) is 2.06. The topological polar surface area (TPSA) is 70.2 Å². The van der Waals surface area contributed by atoms with Gasteiger partial charge in [-0.2, -0.15) is 0 Å². The minimum atomic E-state index is -0.312.